The quantitative estimate of drug-likeness (QED) is 0.708. The van der Waals surface area contributed by atoms with Crippen LogP contribution in [0.5, 0.6) is 0 Å². The van der Waals surface area contributed by atoms with Gasteiger partial charge in [-0.3, -0.25) is 0 Å². The summed E-state index contributed by atoms with van der Waals surface area (Å²) in [6.45, 7) is 0. The van der Waals surface area contributed by atoms with Crippen LogP contribution in [0.4, 0.5) is 5.82 Å². The summed E-state index contributed by atoms with van der Waals surface area (Å²) in [5.41, 5.74) is 0. The summed E-state index contributed by atoms with van der Waals surface area (Å²) in [7, 11) is -3.32. The summed E-state index contributed by atoms with van der Waals surface area (Å²) in [4.78, 5) is 7.93. The van der Waals surface area contributed by atoms with Crippen LogP contribution in [0.2, 0.25) is 0 Å². The topological polar surface area (TPSA) is 75.5 Å². The maximum absolute atomic E-state index is 11.2. The van der Waals surface area contributed by atoms with Gasteiger partial charge in [0.2, 0.25) is 0 Å². The molecule has 1 aliphatic heterocycles. The van der Waals surface area contributed by atoms with E-state index in [-0.39, 0.29) is 0 Å². The smallest absolute Gasteiger partial charge is 0.244 e. The first-order valence-corrected chi connectivity index (χ1v) is 7.14. The number of rotatable bonds is 1. The zero-order valence-electron chi connectivity index (χ0n) is 6.55. The minimum atomic E-state index is -3.32. The highest BCUT2D eigenvalue weighted by Crippen LogP contribution is 2.32. The van der Waals surface area contributed by atoms with Gasteiger partial charge in [0, 0.05) is 12.4 Å². The third-order valence-corrected chi connectivity index (χ3v) is 4.36. The molecule has 0 unspecified atom stereocenters. The van der Waals surface area contributed by atoms with E-state index in [1.165, 1.54) is 6.20 Å². The van der Waals surface area contributed by atoms with Gasteiger partial charge in [-0.2, -0.15) is 0 Å². The van der Waals surface area contributed by atoms with E-state index in [2.05, 4.69) is 13.2 Å². The van der Waals surface area contributed by atoms with Gasteiger partial charge in [-0.05, 0) is 0 Å². The lowest BCUT2D eigenvalue weighted by Crippen LogP contribution is -2.23. The number of aromatic nitrogens is 2. The molecule has 0 saturated heterocycles. The maximum Gasteiger partial charge on any atom is 0.253 e. The Morgan fingerprint density at radius 1 is 1.38 bits per heavy atom. The third kappa shape index (κ3) is 1.55. The molecule has 0 bridgehead atoms. The number of sulfonamides is 1. The number of hydrogen-bond acceptors (Lipinski definition) is 5. The Labute approximate surface area is 85.2 Å². The number of fused-ring (bicyclic) bond motifs is 1. The van der Waals surface area contributed by atoms with Crippen molar-refractivity contribution in [2.45, 2.75) is 0 Å². The molecule has 0 aromatic carbocycles. The molecule has 0 aliphatic carbocycles. The van der Waals surface area contributed by atoms with Gasteiger partial charge in [0.1, 0.15) is 0 Å². The number of halogens is 1. The van der Waals surface area contributed by atoms with Crippen LogP contribution in [0.1, 0.15) is 0 Å². The van der Waals surface area contributed by atoms with Gasteiger partial charge in [-0.1, -0.05) is 0 Å². The van der Waals surface area contributed by atoms with Crippen LogP contribution in [-0.2, 0) is 10.0 Å². The van der Waals surface area contributed by atoms with Crippen molar-refractivity contribution >= 4 is 36.9 Å². The predicted octanol–water partition coefficient (Wildman–Crippen LogP) is 0.495. The van der Waals surface area contributed by atoms with E-state index in [1.807, 2.05) is 0 Å². The SMILES string of the molecule is CS(=O)(=O)N1N=Ic2nccnc21. The summed E-state index contributed by atoms with van der Waals surface area (Å²) in [5, 5.41) is 0. The maximum atomic E-state index is 11.2. The molecule has 1 aromatic rings. The van der Waals surface area contributed by atoms with Crippen molar-refractivity contribution in [3.63, 3.8) is 0 Å². The van der Waals surface area contributed by atoms with Gasteiger partial charge in [0.25, 0.3) is 10.0 Å². The van der Waals surface area contributed by atoms with E-state index in [1.54, 1.807) is 6.20 Å². The average Bonchev–Trinajstić information content (AvgIpc) is 2.45. The highest BCUT2D eigenvalue weighted by molar-refractivity contribution is 14.2. The molecule has 0 amide bonds. The van der Waals surface area contributed by atoms with Gasteiger partial charge in [0.15, 0.2) is 9.52 Å². The molecular formula is C5H5IN4O2S. The van der Waals surface area contributed by atoms with E-state index in [0.717, 1.165) is 10.7 Å². The standard InChI is InChI=1S/C5H5IN4O2S/c1-13(11,12)10-5-4(6-9-10)7-2-3-8-5/h2-3H,1H3. The van der Waals surface area contributed by atoms with E-state index < -0.39 is 31.1 Å². The Hall–Kier alpha value is -0.640. The normalized spacial score (nSPS) is 15.3. The van der Waals surface area contributed by atoms with E-state index >= 15 is 0 Å². The lowest BCUT2D eigenvalue weighted by atomic mass is 10.7. The summed E-state index contributed by atoms with van der Waals surface area (Å²) in [6.07, 6.45) is 4.10. The van der Waals surface area contributed by atoms with Crippen molar-refractivity contribution in [1.82, 2.24) is 9.97 Å². The highest BCUT2D eigenvalue weighted by atomic mass is 127. The number of nitrogens with zero attached hydrogens (tertiary/aromatic N) is 4. The molecule has 8 heteroatoms. The first-order valence-electron chi connectivity index (χ1n) is 3.25. The Bertz CT molecular complexity index is 471. The lowest BCUT2D eigenvalue weighted by Gasteiger charge is -2.09. The van der Waals surface area contributed by atoms with Crippen LogP contribution in [-0.4, -0.2) is 24.6 Å². The van der Waals surface area contributed by atoms with Crippen molar-refractivity contribution in [1.29, 1.82) is 0 Å². The monoisotopic (exact) mass is 312 g/mol. The average molecular weight is 312 g/mol. The first-order chi connectivity index (χ1) is 6.09. The van der Waals surface area contributed by atoms with E-state index in [9.17, 15) is 8.42 Å². The fraction of sp³-hybridized carbons (Fsp3) is 0.200. The highest BCUT2D eigenvalue weighted by Gasteiger charge is 2.26. The molecule has 0 radical (unpaired) electrons. The molecule has 0 atom stereocenters. The molecule has 2 heterocycles. The molecule has 0 N–H and O–H groups in total. The Kier molecular flexibility index (Phi) is 2.02. The lowest BCUT2D eigenvalue weighted by molar-refractivity contribution is 0.598. The van der Waals surface area contributed by atoms with Crippen LogP contribution in [0.15, 0.2) is 15.6 Å². The van der Waals surface area contributed by atoms with Crippen molar-refractivity contribution < 1.29 is 8.42 Å². The largest absolute Gasteiger partial charge is 0.253 e. The Balaban J connectivity index is 2.57. The zero-order chi connectivity index (χ0) is 9.47. The molecule has 13 heavy (non-hydrogen) atoms. The summed E-state index contributed by atoms with van der Waals surface area (Å²) in [5.74, 6) is 0.359. The fourth-order valence-electron chi connectivity index (χ4n) is 0.821. The number of anilines is 1. The van der Waals surface area contributed by atoms with Crippen molar-refractivity contribution in [3.8, 4) is 0 Å². The van der Waals surface area contributed by atoms with Crippen molar-refractivity contribution in [3.05, 3.63) is 16.1 Å². The molecule has 0 spiro atoms. The second-order valence-electron chi connectivity index (χ2n) is 2.34. The van der Waals surface area contributed by atoms with Crippen LogP contribution in [0, 0.1) is 3.70 Å². The second kappa shape index (κ2) is 2.94. The Morgan fingerprint density at radius 2 is 2.08 bits per heavy atom. The molecule has 2 rings (SSSR count). The summed E-state index contributed by atoms with van der Waals surface area (Å²) >= 11 is -0.686. The molecule has 0 saturated carbocycles. The predicted molar refractivity (Wildman–Crippen MR) is 54.5 cm³/mol. The molecule has 1 aromatic heterocycles. The zero-order valence-corrected chi connectivity index (χ0v) is 9.52. The minimum Gasteiger partial charge on any atom is -0.244 e. The number of hydrogen-bond donors (Lipinski definition) is 0. The van der Waals surface area contributed by atoms with Crippen molar-refractivity contribution in [2.75, 3.05) is 10.7 Å². The second-order valence-corrected chi connectivity index (χ2v) is 6.08. The molecule has 1 aliphatic rings. The minimum absolute atomic E-state index is 0.359. The first kappa shape index (κ1) is 8.94. The van der Waals surface area contributed by atoms with Gasteiger partial charge >= 0.3 is 0 Å². The van der Waals surface area contributed by atoms with Crippen molar-refractivity contribution in [2.24, 2.45) is 3.25 Å². The van der Waals surface area contributed by atoms with Crippen LogP contribution in [0.3, 0.4) is 0 Å². The van der Waals surface area contributed by atoms with Gasteiger partial charge in [-0.25, -0.2) is 18.4 Å². The third-order valence-electron chi connectivity index (χ3n) is 1.32. The Morgan fingerprint density at radius 3 is 2.77 bits per heavy atom. The van der Waals surface area contributed by atoms with E-state index in [4.69, 9.17) is 0 Å². The van der Waals surface area contributed by atoms with Gasteiger partial charge in [0.05, 0.1) is 27.3 Å². The van der Waals surface area contributed by atoms with Gasteiger partial charge in [-0.15, -0.1) is 7.67 Å². The summed E-state index contributed by atoms with van der Waals surface area (Å²) in [6, 6.07) is 0. The molecule has 6 nitrogen and oxygen atoms in total. The fourth-order valence-corrected chi connectivity index (χ4v) is 4.18. The van der Waals surface area contributed by atoms with Crippen LogP contribution < -0.4 is 4.41 Å². The van der Waals surface area contributed by atoms with E-state index in [0.29, 0.717) is 9.52 Å². The van der Waals surface area contributed by atoms with Gasteiger partial charge < -0.3 is 0 Å². The molecule has 0 fully saturated rings. The summed E-state index contributed by atoms with van der Waals surface area (Å²) < 4.78 is 27.9. The van der Waals surface area contributed by atoms with Crippen LogP contribution >= 0.6 is 21.0 Å². The molecular weight excluding hydrogens is 307 g/mol. The van der Waals surface area contributed by atoms with Crippen LogP contribution in [0.25, 0.3) is 0 Å². The molecule has 70 valence electrons.